The highest BCUT2D eigenvalue weighted by molar-refractivity contribution is 9.10. The Hall–Kier alpha value is -1.93. The maximum absolute atomic E-state index is 4.05. The van der Waals surface area contributed by atoms with Crippen molar-refractivity contribution in [1.82, 2.24) is 4.98 Å². The third kappa shape index (κ3) is 2.59. The number of rotatable bonds is 2. The van der Waals surface area contributed by atoms with Crippen LogP contribution >= 0.6 is 15.9 Å². The van der Waals surface area contributed by atoms with E-state index in [1.807, 2.05) is 30.6 Å². The zero-order chi connectivity index (χ0) is 13.1. The van der Waals surface area contributed by atoms with Crippen LogP contribution in [-0.4, -0.2) is 4.98 Å². The molecule has 1 nitrogen and oxygen atoms in total. The van der Waals surface area contributed by atoms with Gasteiger partial charge in [0.25, 0.3) is 0 Å². The fourth-order valence-electron chi connectivity index (χ4n) is 2.09. The monoisotopic (exact) mass is 309 g/mol. The Balaban J connectivity index is 2.04. The fraction of sp³-hybridized carbons (Fsp3) is 0. The first-order valence-electron chi connectivity index (χ1n) is 6.10. The molecule has 2 heteroatoms. The molecule has 0 saturated heterocycles. The number of aromatic nitrogens is 1. The van der Waals surface area contributed by atoms with Gasteiger partial charge in [0.15, 0.2) is 0 Å². The van der Waals surface area contributed by atoms with Crippen LogP contribution in [0, 0.1) is 0 Å². The summed E-state index contributed by atoms with van der Waals surface area (Å²) in [5.74, 6) is 0. The van der Waals surface area contributed by atoms with Gasteiger partial charge in [-0.25, -0.2) is 0 Å². The van der Waals surface area contributed by atoms with Crippen molar-refractivity contribution in [3.8, 4) is 22.3 Å². The molecule has 0 radical (unpaired) electrons. The summed E-state index contributed by atoms with van der Waals surface area (Å²) in [6.45, 7) is 0. The Morgan fingerprint density at radius 3 is 2.11 bits per heavy atom. The number of hydrogen-bond acceptors (Lipinski definition) is 1. The molecule has 2 aromatic carbocycles. The van der Waals surface area contributed by atoms with Gasteiger partial charge < -0.3 is 0 Å². The van der Waals surface area contributed by atoms with Gasteiger partial charge in [-0.1, -0.05) is 58.4 Å². The third-order valence-electron chi connectivity index (χ3n) is 3.07. The van der Waals surface area contributed by atoms with Gasteiger partial charge in [0.1, 0.15) is 0 Å². The highest BCUT2D eigenvalue weighted by atomic mass is 79.9. The summed E-state index contributed by atoms with van der Waals surface area (Å²) < 4.78 is 1.10. The van der Waals surface area contributed by atoms with Crippen LogP contribution in [0.1, 0.15) is 0 Å². The van der Waals surface area contributed by atoms with Crippen molar-refractivity contribution >= 4 is 15.9 Å². The van der Waals surface area contributed by atoms with Crippen LogP contribution in [0.25, 0.3) is 22.3 Å². The van der Waals surface area contributed by atoms with E-state index in [-0.39, 0.29) is 0 Å². The molecule has 3 rings (SSSR count). The van der Waals surface area contributed by atoms with Crippen molar-refractivity contribution in [2.45, 2.75) is 0 Å². The number of halogens is 1. The lowest BCUT2D eigenvalue weighted by atomic mass is 10.0. The Morgan fingerprint density at radius 1 is 0.684 bits per heavy atom. The van der Waals surface area contributed by atoms with Crippen LogP contribution in [0.3, 0.4) is 0 Å². The largest absolute Gasteiger partial charge is 0.265 e. The van der Waals surface area contributed by atoms with Gasteiger partial charge in [-0.05, 0) is 40.5 Å². The molecule has 0 spiro atoms. The van der Waals surface area contributed by atoms with Gasteiger partial charge in [-0.3, -0.25) is 4.98 Å². The predicted octanol–water partition coefficient (Wildman–Crippen LogP) is 5.18. The summed E-state index contributed by atoms with van der Waals surface area (Å²) in [6.07, 6.45) is 3.63. The summed E-state index contributed by atoms with van der Waals surface area (Å²) in [7, 11) is 0. The second-order valence-electron chi connectivity index (χ2n) is 4.30. The normalized spacial score (nSPS) is 10.4. The molecular weight excluding hydrogens is 298 g/mol. The van der Waals surface area contributed by atoms with Crippen molar-refractivity contribution in [3.05, 3.63) is 77.5 Å². The van der Waals surface area contributed by atoms with E-state index in [1.165, 1.54) is 22.3 Å². The molecule has 1 aromatic heterocycles. The van der Waals surface area contributed by atoms with Gasteiger partial charge in [-0.15, -0.1) is 0 Å². The quantitative estimate of drug-likeness (QED) is 0.635. The zero-order valence-electron chi connectivity index (χ0n) is 10.3. The summed E-state index contributed by atoms with van der Waals surface area (Å²) >= 11 is 3.67. The summed E-state index contributed by atoms with van der Waals surface area (Å²) in [4.78, 5) is 4.05. The highest BCUT2D eigenvalue weighted by Crippen LogP contribution is 2.32. The summed E-state index contributed by atoms with van der Waals surface area (Å²) in [5.41, 5.74) is 4.79. The Bertz CT molecular complexity index is 678. The van der Waals surface area contributed by atoms with E-state index in [0.717, 1.165) is 4.47 Å². The molecule has 0 fully saturated rings. The van der Waals surface area contributed by atoms with Crippen molar-refractivity contribution in [2.24, 2.45) is 0 Å². The fourth-order valence-corrected chi connectivity index (χ4v) is 2.70. The van der Waals surface area contributed by atoms with E-state index in [9.17, 15) is 0 Å². The highest BCUT2D eigenvalue weighted by Gasteiger charge is 2.05. The maximum atomic E-state index is 4.05. The molecule has 0 N–H and O–H groups in total. The van der Waals surface area contributed by atoms with Crippen molar-refractivity contribution < 1.29 is 0 Å². The molecule has 0 aliphatic rings. The smallest absolute Gasteiger partial charge is 0.0273 e. The molecule has 0 saturated carbocycles. The molecule has 92 valence electrons. The second kappa shape index (κ2) is 5.37. The Kier molecular flexibility index (Phi) is 3.43. The topological polar surface area (TPSA) is 12.9 Å². The van der Waals surface area contributed by atoms with E-state index in [2.05, 4.69) is 63.4 Å². The SMILES string of the molecule is Brc1cc(-c2ccncc2)ccc1-c1ccccc1. The number of pyridine rings is 1. The molecule has 0 aliphatic carbocycles. The number of nitrogens with zero attached hydrogens (tertiary/aromatic N) is 1. The zero-order valence-corrected chi connectivity index (χ0v) is 11.8. The summed E-state index contributed by atoms with van der Waals surface area (Å²) in [5, 5.41) is 0. The number of benzene rings is 2. The average Bonchev–Trinajstić information content (AvgIpc) is 2.49. The van der Waals surface area contributed by atoms with Crippen molar-refractivity contribution in [2.75, 3.05) is 0 Å². The molecule has 0 bridgehead atoms. The second-order valence-corrected chi connectivity index (χ2v) is 5.15. The van der Waals surface area contributed by atoms with Gasteiger partial charge >= 0.3 is 0 Å². The summed E-state index contributed by atoms with van der Waals surface area (Å²) in [6, 6.07) is 20.8. The van der Waals surface area contributed by atoms with Gasteiger partial charge in [0.05, 0.1) is 0 Å². The Morgan fingerprint density at radius 2 is 1.42 bits per heavy atom. The van der Waals surface area contributed by atoms with Crippen LogP contribution in [0.2, 0.25) is 0 Å². The van der Waals surface area contributed by atoms with E-state index < -0.39 is 0 Å². The van der Waals surface area contributed by atoms with E-state index >= 15 is 0 Å². The van der Waals surface area contributed by atoms with Crippen LogP contribution < -0.4 is 0 Å². The van der Waals surface area contributed by atoms with Crippen molar-refractivity contribution in [1.29, 1.82) is 0 Å². The lowest BCUT2D eigenvalue weighted by Crippen LogP contribution is -1.83. The molecule has 1 heterocycles. The lowest BCUT2D eigenvalue weighted by molar-refractivity contribution is 1.33. The first kappa shape index (κ1) is 12.1. The molecule has 3 aromatic rings. The van der Waals surface area contributed by atoms with E-state index in [4.69, 9.17) is 0 Å². The minimum Gasteiger partial charge on any atom is -0.265 e. The first-order valence-corrected chi connectivity index (χ1v) is 6.89. The number of hydrogen-bond donors (Lipinski definition) is 0. The van der Waals surface area contributed by atoms with E-state index in [1.54, 1.807) is 0 Å². The average molecular weight is 310 g/mol. The molecule has 0 aliphatic heterocycles. The molecule has 0 atom stereocenters. The molecule has 0 amide bonds. The minimum absolute atomic E-state index is 1.10. The minimum atomic E-state index is 1.10. The predicted molar refractivity (Wildman–Crippen MR) is 82.8 cm³/mol. The Labute approximate surface area is 121 Å². The maximum Gasteiger partial charge on any atom is 0.0273 e. The third-order valence-corrected chi connectivity index (χ3v) is 3.72. The van der Waals surface area contributed by atoms with Gasteiger partial charge in [0, 0.05) is 16.9 Å². The van der Waals surface area contributed by atoms with Gasteiger partial charge in [0.2, 0.25) is 0 Å². The van der Waals surface area contributed by atoms with Crippen molar-refractivity contribution in [3.63, 3.8) is 0 Å². The molecular formula is C17H12BrN. The van der Waals surface area contributed by atoms with Crippen LogP contribution in [-0.2, 0) is 0 Å². The van der Waals surface area contributed by atoms with Crippen LogP contribution in [0.5, 0.6) is 0 Å². The van der Waals surface area contributed by atoms with E-state index in [0.29, 0.717) is 0 Å². The molecule has 19 heavy (non-hydrogen) atoms. The van der Waals surface area contributed by atoms with Crippen LogP contribution in [0.4, 0.5) is 0 Å². The first-order chi connectivity index (χ1) is 9.34. The molecule has 0 unspecified atom stereocenters. The standard InChI is InChI=1S/C17H12BrN/c18-17-12-15(13-8-10-19-11-9-13)6-7-16(17)14-4-2-1-3-5-14/h1-12H. The van der Waals surface area contributed by atoms with Gasteiger partial charge in [-0.2, -0.15) is 0 Å². The van der Waals surface area contributed by atoms with Crippen LogP contribution in [0.15, 0.2) is 77.5 Å². The lowest BCUT2D eigenvalue weighted by Gasteiger charge is -2.08.